The Labute approximate surface area is 178 Å². The molecule has 0 aliphatic heterocycles. The van der Waals surface area contributed by atoms with Crippen molar-refractivity contribution in [1.29, 1.82) is 0 Å². The molecule has 6 heteroatoms. The number of hydrogen-bond acceptors (Lipinski definition) is 3. The second kappa shape index (κ2) is 7.82. The molecule has 4 rings (SSSR count). The fourth-order valence-electron chi connectivity index (χ4n) is 3.36. The molecule has 0 amide bonds. The van der Waals surface area contributed by atoms with Gasteiger partial charge >= 0.3 is 0 Å². The van der Waals surface area contributed by atoms with Gasteiger partial charge in [0.25, 0.3) is 0 Å². The summed E-state index contributed by atoms with van der Waals surface area (Å²) in [5.41, 5.74) is 5.38. The molecule has 0 aliphatic rings. The molecule has 2 N–H and O–H groups in total. The van der Waals surface area contributed by atoms with Gasteiger partial charge in [-0.1, -0.05) is 30.1 Å². The minimum absolute atomic E-state index is 0.200. The maximum absolute atomic E-state index is 9.71. The Morgan fingerprint density at radius 2 is 1.38 bits per heavy atom. The van der Waals surface area contributed by atoms with Gasteiger partial charge < -0.3 is 10.2 Å². The van der Waals surface area contributed by atoms with E-state index >= 15 is 0 Å². The van der Waals surface area contributed by atoms with Crippen LogP contribution < -0.4 is 0 Å². The van der Waals surface area contributed by atoms with E-state index in [1.165, 1.54) is 0 Å². The summed E-state index contributed by atoms with van der Waals surface area (Å²) < 4.78 is 1.84. The molecule has 29 heavy (non-hydrogen) atoms. The van der Waals surface area contributed by atoms with Crippen molar-refractivity contribution < 1.29 is 10.2 Å². The Kier molecular flexibility index (Phi) is 5.22. The number of nitrogens with zero attached hydrogens (tertiary/aromatic N) is 2. The van der Waals surface area contributed by atoms with E-state index in [2.05, 4.69) is 6.92 Å². The van der Waals surface area contributed by atoms with Gasteiger partial charge in [0, 0.05) is 16.7 Å². The molecule has 4 aromatic rings. The summed E-state index contributed by atoms with van der Waals surface area (Å²) in [6.45, 7) is 2.07. The lowest BCUT2D eigenvalue weighted by Crippen LogP contribution is -2.00. The van der Waals surface area contributed by atoms with E-state index < -0.39 is 0 Å². The number of halogens is 2. The van der Waals surface area contributed by atoms with Crippen molar-refractivity contribution >= 4 is 23.2 Å². The number of aromatic hydroxyl groups is 2. The van der Waals surface area contributed by atoms with Crippen LogP contribution in [0.4, 0.5) is 0 Å². The summed E-state index contributed by atoms with van der Waals surface area (Å²) in [4.78, 5) is 0. The van der Waals surface area contributed by atoms with Crippen molar-refractivity contribution in [1.82, 2.24) is 9.78 Å². The van der Waals surface area contributed by atoms with Crippen molar-refractivity contribution in [3.05, 3.63) is 82.3 Å². The van der Waals surface area contributed by atoms with E-state index in [0.29, 0.717) is 10.0 Å². The maximum Gasteiger partial charge on any atom is 0.115 e. The first-order valence-electron chi connectivity index (χ1n) is 9.14. The summed E-state index contributed by atoms with van der Waals surface area (Å²) in [5, 5.41) is 25.2. The molecular weight excluding hydrogens is 407 g/mol. The topological polar surface area (TPSA) is 58.3 Å². The molecule has 0 bridgehead atoms. The summed E-state index contributed by atoms with van der Waals surface area (Å²) in [5.74, 6) is 0.403. The summed E-state index contributed by atoms with van der Waals surface area (Å²) in [6.07, 6.45) is 0.744. The molecule has 0 saturated heterocycles. The van der Waals surface area contributed by atoms with Gasteiger partial charge in [0.2, 0.25) is 0 Å². The first-order chi connectivity index (χ1) is 14.0. The Morgan fingerprint density at radius 3 is 1.93 bits per heavy atom. The number of phenols is 2. The van der Waals surface area contributed by atoms with Gasteiger partial charge in [0.1, 0.15) is 11.5 Å². The lowest BCUT2D eigenvalue weighted by molar-refractivity contribution is 0.475. The highest BCUT2D eigenvalue weighted by Gasteiger charge is 2.21. The van der Waals surface area contributed by atoms with Crippen LogP contribution in [0.5, 0.6) is 11.5 Å². The number of aromatic nitrogens is 2. The van der Waals surface area contributed by atoms with Crippen molar-refractivity contribution in [2.45, 2.75) is 13.3 Å². The Hall–Kier alpha value is -2.95. The minimum Gasteiger partial charge on any atom is -0.508 e. The van der Waals surface area contributed by atoms with Crippen molar-refractivity contribution in [3.63, 3.8) is 0 Å². The van der Waals surface area contributed by atoms with Gasteiger partial charge in [-0.25, -0.2) is 4.68 Å². The van der Waals surface area contributed by atoms with Gasteiger partial charge in [-0.05, 0) is 73.2 Å². The number of hydrogen-bond donors (Lipinski definition) is 2. The largest absolute Gasteiger partial charge is 0.508 e. The lowest BCUT2D eigenvalue weighted by Gasteiger charge is -2.10. The summed E-state index contributed by atoms with van der Waals surface area (Å²) in [7, 11) is 0. The van der Waals surface area contributed by atoms with Crippen molar-refractivity contribution in [2.24, 2.45) is 0 Å². The van der Waals surface area contributed by atoms with Crippen LogP contribution in [0.3, 0.4) is 0 Å². The number of benzene rings is 3. The van der Waals surface area contributed by atoms with E-state index in [1.54, 1.807) is 36.4 Å². The molecule has 1 heterocycles. The van der Waals surface area contributed by atoms with E-state index in [0.717, 1.165) is 40.2 Å². The summed E-state index contributed by atoms with van der Waals surface area (Å²) >= 11 is 12.4. The third-order valence-corrected chi connectivity index (χ3v) is 5.51. The second-order valence-electron chi connectivity index (χ2n) is 6.63. The molecule has 0 radical (unpaired) electrons. The quantitative estimate of drug-likeness (QED) is 0.393. The molecule has 0 unspecified atom stereocenters. The molecule has 0 spiro atoms. The van der Waals surface area contributed by atoms with Gasteiger partial charge in [0.15, 0.2) is 0 Å². The standard InChI is InChI=1S/C23H18Cl2N2O2/c1-2-19-22(14-3-8-17(28)9-4-14)26-27(16-7-12-20(24)21(25)13-16)23(19)15-5-10-18(29)11-6-15/h3-13,28-29H,2H2,1H3. The average Bonchev–Trinajstić information content (AvgIpc) is 3.11. The molecule has 0 aliphatic carbocycles. The van der Waals surface area contributed by atoms with Gasteiger partial charge in [0.05, 0.1) is 27.1 Å². The highest BCUT2D eigenvalue weighted by atomic mass is 35.5. The van der Waals surface area contributed by atoms with Crippen LogP contribution >= 0.6 is 23.2 Å². The zero-order chi connectivity index (χ0) is 20.5. The maximum atomic E-state index is 9.71. The van der Waals surface area contributed by atoms with Crippen LogP contribution in [0.2, 0.25) is 10.0 Å². The van der Waals surface area contributed by atoms with Crippen LogP contribution in [0.15, 0.2) is 66.7 Å². The Bertz CT molecular complexity index is 1170. The first kappa shape index (κ1) is 19.4. The third-order valence-electron chi connectivity index (χ3n) is 4.77. The fourth-order valence-corrected chi connectivity index (χ4v) is 3.65. The Morgan fingerprint density at radius 1 is 0.793 bits per heavy atom. The predicted molar refractivity (Wildman–Crippen MR) is 117 cm³/mol. The van der Waals surface area contributed by atoms with E-state index in [1.807, 2.05) is 35.0 Å². The van der Waals surface area contributed by atoms with Crippen molar-refractivity contribution in [2.75, 3.05) is 0 Å². The van der Waals surface area contributed by atoms with Crippen LogP contribution in [0, 0.1) is 0 Å². The SMILES string of the molecule is CCc1c(-c2ccc(O)cc2)nn(-c2ccc(Cl)c(Cl)c2)c1-c1ccc(O)cc1. The molecule has 4 nitrogen and oxygen atoms in total. The lowest BCUT2D eigenvalue weighted by atomic mass is 9.99. The van der Waals surface area contributed by atoms with Gasteiger partial charge in [-0.2, -0.15) is 5.10 Å². The molecule has 0 saturated carbocycles. The van der Waals surface area contributed by atoms with Crippen LogP contribution in [0.25, 0.3) is 28.2 Å². The van der Waals surface area contributed by atoms with Crippen LogP contribution in [-0.4, -0.2) is 20.0 Å². The number of rotatable bonds is 4. The van der Waals surface area contributed by atoms with Crippen LogP contribution in [0.1, 0.15) is 12.5 Å². The highest BCUT2D eigenvalue weighted by molar-refractivity contribution is 6.42. The van der Waals surface area contributed by atoms with Gasteiger partial charge in [-0.3, -0.25) is 0 Å². The monoisotopic (exact) mass is 424 g/mol. The van der Waals surface area contributed by atoms with Gasteiger partial charge in [-0.15, -0.1) is 0 Å². The normalized spacial score (nSPS) is 11.0. The molecule has 0 atom stereocenters. The van der Waals surface area contributed by atoms with Crippen LogP contribution in [-0.2, 0) is 6.42 Å². The zero-order valence-corrected chi connectivity index (χ0v) is 17.1. The van der Waals surface area contributed by atoms with E-state index in [4.69, 9.17) is 28.3 Å². The smallest absolute Gasteiger partial charge is 0.115 e. The molecule has 146 valence electrons. The molecule has 0 fully saturated rings. The summed E-state index contributed by atoms with van der Waals surface area (Å²) in [6, 6.07) is 19.4. The minimum atomic E-state index is 0.200. The Balaban J connectivity index is 2.00. The second-order valence-corrected chi connectivity index (χ2v) is 7.45. The molecule has 3 aromatic carbocycles. The average molecular weight is 425 g/mol. The zero-order valence-electron chi connectivity index (χ0n) is 15.6. The number of phenolic OH excluding ortho intramolecular Hbond substituents is 2. The molecular formula is C23H18Cl2N2O2. The van der Waals surface area contributed by atoms with E-state index in [-0.39, 0.29) is 11.5 Å². The van der Waals surface area contributed by atoms with Crippen molar-refractivity contribution in [3.8, 4) is 39.7 Å². The fraction of sp³-hybridized carbons (Fsp3) is 0.0870. The first-order valence-corrected chi connectivity index (χ1v) is 9.89. The molecule has 1 aromatic heterocycles. The van der Waals surface area contributed by atoms with E-state index in [9.17, 15) is 10.2 Å². The highest BCUT2D eigenvalue weighted by Crippen LogP contribution is 2.36. The third kappa shape index (κ3) is 3.69. The predicted octanol–water partition coefficient (Wildman–Crippen LogP) is 6.49.